The highest BCUT2D eigenvalue weighted by Crippen LogP contribution is 2.22. The molecule has 0 aromatic heterocycles. The average molecular weight is 354 g/mol. The second-order valence-corrected chi connectivity index (χ2v) is 5.34. The topological polar surface area (TPSA) is 32.3 Å². The van der Waals surface area contributed by atoms with Gasteiger partial charge in [-0.05, 0) is 24.7 Å². The summed E-state index contributed by atoms with van der Waals surface area (Å²) in [6.45, 7) is 2.17. The van der Waals surface area contributed by atoms with E-state index in [-0.39, 0.29) is 5.91 Å². The zero-order chi connectivity index (χ0) is 13.5. The standard InChI is InChI=1S/C12H15BrCl2N2O/c1-17(5-4-16-12(18)7-13)8-9-2-3-10(14)11(15)6-9/h2-3,6H,4-5,7-8H2,1H3,(H,16,18). The Morgan fingerprint density at radius 1 is 1.39 bits per heavy atom. The highest BCUT2D eigenvalue weighted by Gasteiger charge is 2.04. The van der Waals surface area contributed by atoms with Crippen molar-refractivity contribution in [3.05, 3.63) is 33.8 Å². The molecule has 0 saturated heterocycles. The molecule has 0 aliphatic rings. The van der Waals surface area contributed by atoms with Gasteiger partial charge in [0.25, 0.3) is 0 Å². The van der Waals surface area contributed by atoms with Crippen LogP contribution in [0.15, 0.2) is 18.2 Å². The van der Waals surface area contributed by atoms with Crippen molar-refractivity contribution in [2.24, 2.45) is 0 Å². The third kappa shape index (κ3) is 5.57. The Hall–Kier alpha value is -0.290. The summed E-state index contributed by atoms with van der Waals surface area (Å²) in [6.07, 6.45) is 0. The number of amides is 1. The van der Waals surface area contributed by atoms with E-state index in [2.05, 4.69) is 26.1 Å². The van der Waals surface area contributed by atoms with Crippen LogP contribution >= 0.6 is 39.1 Å². The number of carbonyl (C=O) groups is 1. The smallest absolute Gasteiger partial charge is 0.230 e. The lowest BCUT2D eigenvalue weighted by Crippen LogP contribution is -2.33. The van der Waals surface area contributed by atoms with Gasteiger partial charge in [-0.25, -0.2) is 0 Å². The SMILES string of the molecule is CN(CCNC(=O)CBr)Cc1ccc(Cl)c(Cl)c1. The molecule has 0 saturated carbocycles. The van der Waals surface area contributed by atoms with Crippen LogP contribution in [0.1, 0.15) is 5.56 Å². The van der Waals surface area contributed by atoms with Gasteiger partial charge in [0.2, 0.25) is 5.91 Å². The summed E-state index contributed by atoms with van der Waals surface area (Å²) in [6, 6.07) is 5.60. The average Bonchev–Trinajstić information content (AvgIpc) is 2.33. The molecule has 0 heterocycles. The zero-order valence-electron chi connectivity index (χ0n) is 10.0. The number of hydrogen-bond donors (Lipinski definition) is 1. The Kier molecular flexibility index (Phi) is 7.00. The van der Waals surface area contributed by atoms with Crippen molar-refractivity contribution in [3.8, 4) is 0 Å². The van der Waals surface area contributed by atoms with Crippen molar-refractivity contribution in [1.29, 1.82) is 0 Å². The van der Waals surface area contributed by atoms with Gasteiger partial charge < -0.3 is 10.2 Å². The van der Waals surface area contributed by atoms with Crippen LogP contribution in [0, 0.1) is 0 Å². The molecular weight excluding hydrogens is 339 g/mol. The van der Waals surface area contributed by atoms with Gasteiger partial charge in [0, 0.05) is 19.6 Å². The van der Waals surface area contributed by atoms with Crippen LogP contribution in [0.3, 0.4) is 0 Å². The molecule has 0 radical (unpaired) electrons. The summed E-state index contributed by atoms with van der Waals surface area (Å²) < 4.78 is 0. The number of likely N-dealkylation sites (N-methyl/N-ethyl adjacent to an activating group) is 1. The zero-order valence-corrected chi connectivity index (χ0v) is 13.1. The molecule has 1 rings (SSSR count). The van der Waals surface area contributed by atoms with Gasteiger partial charge in [0.15, 0.2) is 0 Å². The third-order valence-corrected chi connectivity index (χ3v) is 3.62. The third-order valence-electron chi connectivity index (χ3n) is 2.37. The van der Waals surface area contributed by atoms with Gasteiger partial charge in [0.1, 0.15) is 0 Å². The van der Waals surface area contributed by atoms with Crippen molar-refractivity contribution in [3.63, 3.8) is 0 Å². The first-order valence-electron chi connectivity index (χ1n) is 5.48. The predicted molar refractivity (Wildman–Crippen MR) is 79.6 cm³/mol. The molecule has 1 amide bonds. The lowest BCUT2D eigenvalue weighted by atomic mass is 10.2. The monoisotopic (exact) mass is 352 g/mol. The molecule has 0 bridgehead atoms. The molecule has 0 fully saturated rings. The maximum absolute atomic E-state index is 11.0. The molecule has 0 atom stereocenters. The molecular formula is C12H15BrCl2N2O. The summed E-state index contributed by atoms with van der Waals surface area (Å²) in [5.74, 6) is -0.00191. The van der Waals surface area contributed by atoms with Crippen molar-refractivity contribution < 1.29 is 4.79 Å². The van der Waals surface area contributed by atoms with Crippen molar-refractivity contribution >= 4 is 45.0 Å². The molecule has 0 aliphatic heterocycles. The van der Waals surface area contributed by atoms with Crippen LogP contribution in [-0.2, 0) is 11.3 Å². The summed E-state index contributed by atoms with van der Waals surface area (Å²) in [4.78, 5) is 13.1. The number of benzene rings is 1. The highest BCUT2D eigenvalue weighted by atomic mass is 79.9. The first kappa shape index (κ1) is 15.8. The lowest BCUT2D eigenvalue weighted by Gasteiger charge is -2.17. The second-order valence-electron chi connectivity index (χ2n) is 3.97. The minimum absolute atomic E-state index is 0.00191. The van der Waals surface area contributed by atoms with Crippen molar-refractivity contribution in [2.45, 2.75) is 6.54 Å². The van der Waals surface area contributed by atoms with Gasteiger partial charge in [-0.3, -0.25) is 4.79 Å². The van der Waals surface area contributed by atoms with Crippen LogP contribution in [0.4, 0.5) is 0 Å². The Labute approximate surface area is 126 Å². The van der Waals surface area contributed by atoms with Crippen molar-refractivity contribution in [1.82, 2.24) is 10.2 Å². The Bertz CT molecular complexity index is 415. The predicted octanol–water partition coefficient (Wildman–Crippen LogP) is 2.94. The molecule has 1 N–H and O–H groups in total. The Morgan fingerprint density at radius 3 is 2.72 bits per heavy atom. The molecule has 18 heavy (non-hydrogen) atoms. The lowest BCUT2D eigenvalue weighted by molar-refractivity contribution is -0.118. The van der Waals surface area contributed by atoms with E-state index in [1.807, 2.05) is 19.2 Å². The fourth-order valence-electron chi connectivity index (χ4n) is 1.46. The quantitative estimate of drug-likeness (QED) is 0.797. The first-order chi connectivity index (χ1) is 8.52. The Balaban J connectivity index is 2.37. The summed E-state index contributed by atoms with van der Waals surface area (Å²) in [5.41, 5.74) is 1.10. The van der Waals surface area contributed by atoms with Gasteiger partial charge in [0.05, 0.1) is 15.4 Å². The number of alkyl halides is 1. The summed E-state index contributed by atoms with van der Waals surface area (Å²) in [7, 11) is 1.99. The maximum Gasteiger partial charge on any atom is 0.230 e. The van der Waals surface area contributed by atoms with E-state index in [0.29, 0.717) is 21.9 Å². The van der Waals surface area contributed by atoms with Crippen LogP contribution in [0.25, 0.3) is 0 Å². The summed E-state index contributed by atoms with van der Waals surface area (Å²) >= 11 is 14.9. The molecule has 0 aliphatic carbocycles. The molecule has 0 spiro atoms. The fraction of sp³-hybridized carbons (Fsp3) is 0.417. The molecule has 1 aromatic carbocycles. The Morgan fingerprint density at radius 2 is 2.11 bits per heavy atom. The molecule has 1 aromatic rings. The van der Waals surface area contributed by atoms with Crippen LogP contribution in [-0.4, -0.2) is 36.3 Å². The van der Waals surface area contributed by atoms with E-state index >= 15 is 0 Å². The van der Waals surface area contributed by atoms with E-state index in [1.165, 1.54) is 0 Å². The van der Waals surface area contributed by atoms with Gasteiger partial charge >= 0.3 is 0 Å². The maximum atomic E-state index is 11.0. The minimum atomic E-state index is -0.00191. The molecule has 3 nitrogen and oxygen atoms in total. The second kappa shape index (κ2) is 8.00. The van der Waals surface area contributed by atoms with E-state index in [9.17, 15) is 4.79 Å². The van der Waals surface area contributed by atoms with Gasteiger partial charge in [-0.2, -0.15) is 0 Å². The van der Waals surface area contributed by atoms with E-state index in [4.69, 9.17) is 23.2 Å². The number of hydrogen-bond acceptors (Lipinski definition) is 2. The van der Waals surface area contributed by atoms with E-state index in [0.717, 1.165) is 18.7 Å². The largest absolute Gasteiger partial charge is 0.354 e. The molecule has 100 valence electrons. The van der Waals surface area contributed by atoms with Crippen LogP contribution in [0.5, 0.6) is 0 Å². The van der Waals surface area contributed by atoms with Gasteiger partial charge in [-0.15, -0.1) is 0 Å². The number of halogens is 3. The molecule has 6 heteroatoms. The molecule has 0 unspecified atom stereocenters. The van der Waals surface area contributed by atoms with Crippen molar-refractivity contribution in [2.75, 3.05) is 25.5 Å². The van der Waals surface area contributed by atoms with Crippen LogP contribution in [0.2, 0.25) is 10.0 Å². The van der Waals surface area contributed by atoms with E-state index in [1.54, 1.807) is 6.07 Å². The first-order valence-corrected chi connectivity index (χ1v) is 7.36. The number of nitrogens with one attached hydrogen (secondary N) is 1. The highest BCUT2D eigenvalue weighted by molar-refractivity contribution is 9.09. The van der Waals surface area contributed by atoms with Crippen LogP contribution < -0.4 is 5.32 Å². The number of nitrogens with zero attached hydrogens (tertiary/aromatic N) is 1. The fourth-order valence-corrected chi connectivity index (χ4v) is 1.98. The van der Waals surface area contributed by atoms with Gasteiger partial charge in [-0.1, -0.05) is 45.2 Å². The minimum Gasteiger partial charge on any atom is -0.354 e. The normalized spacial score (nSPS) is 10.7. The summed E-state index contributed by atoms with van der Waals surface area (Å²) in [5, 5.41) is 4.26. The number of rotatable bonds is 6. The number of carbonyl (C=O) groups excluding carboxylic acids is 1. The van der Waals surface area contributed by atoms with E-state index < -0.39 is 0 Å².